The number of carbonyl (C=O) groups is 2. The van der Waals surface area contributed by atoms with Crippen molar-refractivity contribution in [2.45, 2.75) is 194 Å². The lowest BCUT2D eigenvalue weighted by Gasteiger charge is -2.21. The van der Waals surface area contributed by atoms with Crippen LogP contribution in [-0.2, 0) is 9.59 Å². The minimum atomic E-state index is 0.0751. The van der Waals surface area contributed by atoms with Gasteiger partial charge >= 0.3 is 0 Å². The summed E-state index contributed by atoms with van der Waals surface area (Å²) in [5.74, 6) is 0.231. The Morgan fingerprint density at radius 1 is 0.458 bits per heavy atom. The number of nitrogens with zero attached hydrogens (tertiary/aromatic N) is 1. The first kappa shape index (κ1) is 46.3. The lowest BCUT2D eigenvalue weighted by atomic mass is 10.1. The lowest BCUT2D eigenvalue weighted by Crippen LogP contribution is -2.40. The summed E-state index contributed by atoms with van der Waals surface area (Å²) in [6.45, 7) is 7.68. The van der Waals surface area contributed by atoms with Gasteiger partial charge in [0.1, 0.15) is 0 Å². The fourth-order valence-corrected chi connectivity index (χ4v) is 6.07. The van der Waals surface area contributed by atoms with Gasteiger partial charge < -0.3 is 15.7 Å². The highest BCUT2D eigenvalue weighted by molar-refractivity contribution is 5.76. The second kappa shape index (κ2) is 39.8. The molecule has 0 unspecified atom stereocenters. The predicted octanol–water partition coefficient (Wildman–Crippen LogP) is 10.6. The van der Waals surface area contributed by atoms with Gasteiger partial charge in [0.05, 0.1) is 6.61 Å². The second-order valence-electron chi connectivity index (χ2n) is 13.9. The molecule has 0 bridgehead atoms. The summed E-state index contributed by atoms with van der Waals surface area (Å²) in [4.78, 5) is 26.6. The number of amides is 2. The van der Waals surface area contributed by atoms with Crippen molar-refractivity contribution in [1.29, 1.82) is 0 Å². The summed E-state index contributed by atoms with van der Waals surface area (Å²) >= 11 is 0. The Bertz CT molecular complexity index is 682. The number of aliphatic hydroxyl groups is 1. The summed E-state index contributed by atoms with van der Waals surface area (Å²) in [6, 6.07) is 0. The van der Waals surface area contributed by atoms with E-state index in [4.69, 9.17) is 0 Å². The average Bonchev–Trinajstić information content (AvgIpc) is 3.08. The van der Waals surface area contributed by atoms with Crippen LogP contribution in [0.15, 0.2) is 24.3 Å². The van der Waals surface area contributed by atoms with E-state index in [1.54, 1.807) is 0 Å². The van der Waals surface area contributed by atoms with Crippen LogP contribution < -0.4 is 10.6 Å². The molecule has 48 heavy (non-hydrogen) atoms. The Labute approximate surface area is 298 Å². The Balaban J connectivity index is 3.63. The van der Waals surface area contributed by atoms with Gasteiger partial charge in [0.15, 0.2) is 0 Å². The van der Waals surface area contributed by atoms with Gasteiger partial charge in [-0.25, -0.2) is 0 Å². The molecular formula is C42H81N3O3. The number of carbonyl (C=O) groups excluding carboxylic acids is 2. The number of hydrogen-bond donors (Lipinski definition) is 3. The summed E-state index contributed by atoms with van der Waals surface area (Å²) in [5.41, 5.74) is 0. The largest absolute Gasteiger partial charge is 0.395 e. The Kier molecular flexibility index (Phi) is 38.4. The molecule has 0 heterocycles. The highest BCUT2D eigenvalue weighted by atomic mass is 16.3. The smallest absolute Gasteiger partial charge is 0.220 e. The average molecular weight is 676 g/mol. The molecule has 0 fully saturated rings. The van der Waals surface area contributed by atoms with Crippen LogP contribution in [0, 0.1) is 0 Å². The summed E-state index contributed by atoms with van der Waals surface area (Å²) in [5, 5.41) is 15.5. The zero-order valence-corrected chi connectivity index (χ0v) is 32.1. The van der Waals surface area contributed by atoms with E-state index in [-0.39, 0.29) is 18.4 Å². The fraction of sp³-hybridized carbons (Fsp3) is 0.857. The van der Waals surface area contributed by atoms with Crippen LogP contribution in [0.4, 0.5) is 0 Å². The van der Waals surface area contributed by atoms with Crippen molar-refractivity contribution >= 4 is 11.8 Å². The molecule has 0 atom stereocenters. The molecule has 0 saturated carbocycles. The molecule has 0 aromatic carbocycles. The SMILES string of the molecule is CCCCCCCCC=CCCCCCCCC(=O)NCCN(CCO)CCNC(=O)CCCCCCCC=CCCCCCCCC. The van der Waals surface area contributed by atoms with E-state index in [9.17, 15) is 14.7 Å². The summed E-state index contributed by atoms with van der Waals surface area (Å²) in [7, 11) is 0. The molecule has 0 spiro atoms. The molecule has 0 radical (unpaired) electrons. The van der Waals surface area contributed by atoms with Crippen molar-refractivity contribution in [3.63, 3.8) is 0 Å². The molecule has 0 aliphatic rings. The number of unbranched alkanes of at least 4 members (excludes halogenated alkanes) is 22. The third kappa shape index (κ3) is 37.2. The molecule has 6 nitrogen and oxygen atoms in total. The molecule has 0 rings (SSSR count). The van der Waals surface area contributed by atoms with Crippen molar-refractivity contribution in [2.75, 3.05) is 39.3 Å². The third-order valence-corrected chi connectivity index (χ3v) is 9.25. The predicted molar refractivity (Wildman–Crippen MR) is 208 cm³/mol. The van der Waals surface area contributed by atoms with Gasteiger partial charge in [-0.15, -0.1) is 0 Å². The van der Waals surface area contributed by atoms with E-state index >= 15 is 0 Å². The number of hydrogen-bond acceptors (Lipinski definition) is 4. The maximum absolute atomic E-state index is 12.3. The van der Waals surface area contributed by atoms with Crippen LogP contribution in [0.3, 0.4) is 0 Å². The molecule has 0 aromatic rings. The van der Waals surface area contributed by atoms with E-state index < -0.39 is 0 Å². The minimum absolute atomic E-state index is 0.0751. The number of rotatable bonds is 38. The van der Waals surface area contributed by atoms with Crippen LogP contribution >= 0.6 is 0 Å². The van der Waals surface area contributed by atoms with Gasteiger partial charge in [-0.1, -0.05) is 141 Å². The molecule has 2 amide bonds. The van der Waals surface area contributed by atoms with Crippen LogP contribution in [0.1, 0.15) is 194 Å². The second-order valence-corrected chi connectivity index (χ2v) is 13.9. The molecule has 0 aliphatic heterocycles. The van der Waals surface area contributed by atoms with E-state index in [0.717, 1.165) is 25.7 Å². The maximum atomic E-state index is 12.3. The molecule has 0 aliphatic carbocycles. The Morgan fingerprint density at radius 2 is 0.771 bits per heavy atom. The highest BCUT2D eigenvalue weighted by Crippen LogP contribution is 2.11. The van der Waals surface area contributed by atoms with Crippen molar-refractivity contribution in [2.24, 2.45) is 0 Å². The van der Waals surface area contributed by atoms with Gasteiger partial charge in [-0.2, -0.15) is 0 Å². The van der Waals surface area contributed by atoms with Crippen LogP contribution in [0.25, 0.3) is 0 Å². The number of nitrogens with one attached hydrogen (secondary N) is 2. The van der Waals surface area contributed by atoms with E-state index in [1.165, 1.54) is 141 Å². The maximum Gasteiger partial charge on any atom is 0.220 e. The van der Waals surface area contributed by atoms with Gasteiger partial charge in [0, 0.05) is 45.6 Å². The van der Waals surface area contributed by atoms with Crippen molar-refractivity contribution in [3.05, 3.63) is 24.3 Å². The van der Waals surface area contributed by atoms with Crippen molar-refractivity contribution in [1.82, 2.24) is 15.5 Å². The Morgan fingerprint density at radius 3 is 1.10 bits per heavy atom. The van der Waals surface area contributed by atoms with Gasteiger partial charge in [0.2, 0.25) is 11.8 Å². The quantitative estimate of drug-likeness (QED) is 0.0449. The molecule has 0 aromatic heterocycles. The summed E-state index contributed by atoms with van der Waals surface area (Å²) in [6.07, 6.45) is 43.3. The first-order chi connectivity index (χ1) is 23.6. The third-order valence-electron chi connectivity index (χ3n) is 9.25. The number of allylic oxidation sites excluding steroid dienone is 4. The van der Waals surface area contributed by atoms with Crippen molar-refractivity contribution < 1.29 is 14.7 Å². The zero-order chi connectivity index (χ0) is 35.0. The van der Waals surface area contributed by atoms with Gasteiger partial charge in [-0.3, -0.25) is 14.5 Å². The first-order valence-corrected chi connectivity index (χ1v) is 20.8. The monoisotopic (exact) mass is 676 g/mol. The number of aliphatic hydroxyl groups excluding tert-OH is 1. The zero-order valence-electron chi connectivity index (χ0n) is 32.1. The molecular weight excluding hydrogens is 594 g/mol. The van der Waals surface area contributed by atoms with Crippen LogP contribution in [0.2, 0.25) is 0 Å². The van der Waals surface area contributed by atoms with Crippen molar-refractivity contribution in [3.8, 4) is 0 Å². The van der Waals surface area contributed by atoms with E-state index in [0.29, 0.717) is 45.6 Å². The minimum Gasteiger partial charge on any atom is -0.395 e. The van der Waals surface area contributed by atoms with Gasteiger partial charge in [0.25, 0.3) is 0 Å². The topological polar surface area (TPSA) is 81.7 Å². The van der Waals surface area contributed by atoms with Gasteiger partial charge in [-0.05, 0) is 64.2 Å². The standard InChI is InChI=1S/C42H81N3O3/c1-3-5-7-9-11-13-15-17-19-21-23-25-27-29-31-33-41(47)43-35-37-45(39-40-46)38-36-44-42(48)34-32-30-28-26-24-22-20-18-16-14-12-10-8-6-4-2/h17-20,46H,3-16,21-40H2,1-2H3,(H,43,47)(H,44,48). The van der Waals surface area contributed by atoms with Crippen LogP contribution in [-0.4, -0.2) is 61.2 Å². The lowest BCUT2D eigenvalue weighted by molar-refractivity contribution is -0.121. The summed E-state index contributed by atoms with van der Waals surface area (Å²) < 4.78 is 0. The highest BCUT2D eigenvalue weighted by Gasteiger charge is 2.07. The van der Waals surface area contributed by atoms with Crippen LogP contribution in [0.5, 0.6) is 0 Å². The normalized spacial score (nSPS) is 11.8. The molecule has 0 saturated heterocycles. The Hall–Kier alpha value is -1.66. The molecule has 6 heteroatoms. The van der Waals surface area contributed by atoms with E-state index in [1.807, 2.05) is 0 Å². The van der Waals surface area contributed by atoms with E-state index in [2.05, 4.69) is 53.7 Å². The molecule has 3 N–H and O–H groups in total. The fourth-order valence-electron chi connectivity index (χ4n) is 6.07. The first-order valence-electron chi connectivity index (χ1n) is 20.8. The molecule has 282 valence electrons.